The monoisotopic (exact) mass is 282 g/mol. The van der Waals surface area contributed by atoms with Crippen LogP contribution >= 0.6 is 0 Å². The van der Waals surface area contributed by atoms with E-state index in [4.69, 9.17) is 0 Å². The van der Waals surface area contributed by atoms with Crippen molar-refractivity contribution in [2.45, 2.75) is 63.4 Å². The highest BCUT2D eigenvalue weighted by atomic mass is 16.3. The molecule has 20 heavy (non-hydrogen) atoms. The molecule has 5 nitrogen and oxygen atoms in total. The lowest BCUT2D eigenvalue weighted by molar-refractivity contribution is -0.127. The average Bonchev–Trinajstić information content (AvgIpc) is 3.06. The zero-order chi connectivity index (χ0) is 14.4. The van der Waals surface area contributed by atoms with Crippen molar-refractivity contribution in [3.05, 3.63) is 0 Å². The zero-order valence-electron chi connectivity index (χ0n) is 12.1. The number of nitrogens with one attached hydrogen (secondary N) is 2. The van der Waals surface area contributed by atoms with E-state index in [0.29, 0.717) is 18.9 Å². The highest BCUT2D eigenvalue weighted by molar-refractivity contribution is 5.84. The molecule has 0 atom stereocenters. The van der Waals surface area contributed by atoms with Gasteiger partial charge in [0.05, 0.1) is 12.1 Å². The Morgan fingerprint density at radius 2 is 1.65 bits per heavy atom. The van der Waals surface area contributed by atoms with E-state index in [0.717, 1.165) is 38.5 Å². The second-order valence-electron chi connectivity index (χ2n) is 6.34. The van der Waals surface area contributed by atoms with Crippen molar-refractivity contribution in [3.63, 3.8) is 0 Å². The maximum atomic E-state index is 11.7. The molecule has 0 spiro atoms. The van der Waals surface area contributed by atoms with Crippen LogP contribution < -0.4 is 10.6 Å². The van der Waals surface area contributed by atoms with Crippen LogP contribution in [-0.4, -0.2) is 35.6 Å². The first kappa shape index (κ1) is 15.3. The van der Waals surface area contributed by atoms with Crippen LogP contribution in [0.5, 0.6) is 0 Å². The van der Waals surface area contributed by atoms with Crippen molar-refractivity contribution in [3.8, 4) is 0 Å². The van der Waals surface area contributed by atoms with Crippen molar-refractivity contribution in [1.29, 1.82) is 0 Å². The number of carbonyl (C=O) groups excluding carboxylic acids is 2. The van der Waals surface area contributed by atoms with E-state index in [2.05, 4.69) is 10.6 Å². The van der Waals surface area contributed by atoms with Gasteiger partial charge in [-0.15, -0.1) is 0 Å². The molecule has 0 aromatic rings. The van der Waals surface area contributed by atoms with Crippen LogP contribution in [0.4, 0.5) is 0 Å². The van der Waals surface area contributed by atoms with Gasteiger partial charge in [0.2, 0.25) is 11.8 Å². The summed E-state index contributed by atoms with van der Waals surface area (Å²) < 4.78 is 0. The predicted octanol–water partition coefficient (Wildman–Crippen LogP) is 1.10. The van der Waals surface area contributed by atoms with Gasteiger partial charge < -0.3 is 15.7 Å². The van der Waals surface area contributed by atoms with Gasteiger partial charge in [-0.1, -0.05) is 25.7 Å². The van der Waals surface area contributed by atoms with Crippen LogP contribution in [0.1, 0.15) is 57.8 Å². The number of rotatable bonds is 6. The molecule has 2 amide bonds. The van der Waals surface area contributed by atoms with Crippen LogP contribution in [0.15, 0.2) is 0 Å². The highest BCUT2D eigenvalue weighted by Crippen LogP contribution is 2.28. The number of aliphatic hydroxyl groups is 1. The standard InChI is InChI=1S/C15H26N2O3/c18-13(9-12-5-1-2-6-12)16-10-14(19)17-11-15(20)7-3-4-8-15/h12,20H,1-11H2,(H,16,18)(H,17,19). The molecule has 2 rings (SSSR count). The molecule has 2 saturated carbocycles. The summed E-state index contributed by atoms with van der Waals surface area (Å²) >= 11 is 0. The van der Waals surface area contributed by atoms with Crippen molar-refractivity contribution in [1.82, 2.24) is 10.6 Å². The number of hydrogen-bond donors (Lipinski definition) is 3. The summed E-state index contributed by atoms with van der Waals surface area (Å²) in [5, 5.41) is 15.5. The molecule has 114 valence electrons. The third-order valence-electron chi connectivity index (χ3n) is 4.54. The summed E-state index contributed by atoms with van der Waals surface area (Å²) in [4.78, 5) is 23.3. The Morgan fingerprint density at radius 3 is 2.30 bits per heavy atom. The summed E-state index contributed by atoms with van der Waals surface area (Å²) in [6.45, 7) is 0.311. The average molecular weight is 282 g/mol. The minimum absolute atomic E-state index is 0.0155. The fourth-order valence-corrected chi connectivity index (χ4v) is 3.26. The van der Waals surface area contributed by atoms with E-state index >= 15 is 0 Å². The molecule has 0 unspecified atom stereocenters. The molecular formula is C15H26N2O3. The molecule has 0 radical (unpaired) electrons. The van der Waals surface area contributed by atoms with Gasteiger partial charge in [0.1, 0.15) is 0 Å². The van der Waals surface area contributed by atoms with E-state index in [1.165, 1.54) is 12.8 Å². The van der Waals surface area contributed by atoms with Crippen molar-refractivity contribution in [2.75, 3.05) is 13.1 Å². The first-order valence-corrected chi connectivity index (χ1v) is 7.83. The predicted molar refractivity (Wildman–Crippen MR) is 76.0 cm³/mol. The van der Waals surface area contributed by atoms with Crippen LogP contribution in [0.25, 0.3) is 0 Å². The van der Waals surface area contributed by atoms with Gasteiger partial charge in [0, 0.05) is 13.0 Å². The van der Waals surface area contributed by atoms with Gasteiger partial charge in [-0.2, -0.15) is 0 Å². The van der Waals surface area contributed by atoms with Gasteiger partial charge in [-0.05, 0) is 31.6 Å². The van der Waals surface area contributed by atoms with E-state index in [1.807, 2.05) is 0 Å². The first-order chi connectivity index (χ1) is 9.57. The summed E-state index contributed by atoms with van der Waals surface area (Å²) in [7, 11) is 0. The Morgan fingerprint density at radius 1 is 1.00 bits per heavy atom. The van der Waals surface area contributed by atoms with E-state index < -0.39 is 5.60 Å². The lowest BCUT2D eigenvalue weighted by atomic mass is 10.0. The van der Waals surface area contributed by atoms with Crippen LogP contribution in [0.3, 0.4) is 0 Å². The Bertz CT molecular complexity index is 345. The SMILES string of the molecule is O=C(CNC(=O)CC1CCCC1)NCC1(O)CCCC1. The first-order valence-electron chi connectivity index (χ1n) is 7.83. The number of carbonyl (C=O) groups is 2. The zero-order valence-corrected chi connectivity index (χ0v) is 12.1. The maximum absolute atomic E-state index is 11.7. The molecule has 2 aliphatic rings. The Balaban J connectivity index is 1.58. The number of hydrogen-bond acceptors (Lipinski definition) is 3. The van der Waals surface area contributed by atoms with Crippen molar-refractivity contribution < 1.29 is 14.7 Å². The maximum Gasteiger partial charge on any atom is 0.239 e. The lowest BCUT2D eigenvalue weighted by Gasteiger charge is -2.22. The minimum Gasteiger partial charge on any atom is -0.388 e. The minimum atomic E-state index is -0.733. The van der Waals surface area contributed by atoms with Gasteiger partial charge in [0.25, 0.3) is 0 Å². The Hall–Kier alpha value is -1.10. The molecule has 0 bridgehead atoms. The molecule has 5 heteroatoms. The van der Waals surface area contributed by atoms with E-state index in [9.17, 15) is 14.7 Å². The molecular weight excluding hydrogens is 256 g/mol. The largest absolute Gasteiger partial charge is 0.388 e. The fourth-order valence-electron chi connectivity index (χ4n) is 3.26. The van der Waals surface area contributed by atoms with E-state index in [-0.39, 0.29) is 18.4 Å². The molecule has 3 N–H and O–H groups in total. The third kappa shape index (κ3) is 4.78. The van der Waals surface area contributed by atoms with Crippen LogP contribution in [0, 0.1) is 5.92 Å². The topological polar surface area (TPSA) is 78.4 Å². The third-order valence-corrected chi connectivity index (χ3v) is 4.54. The van der Waals surface area contributed by atoms with Gasteiger partial charge >= 0.3 is 0 Å². The normalized spacial score (nSPS) is 21.9. The molecule has 0 saturated heterocycles. The van der Waals surface area contributed by atoms with Crippen LogP contribution in [0.2, 0.25) is 0 Å². The van der Waals surface area contributed by atoms with Gasteiger partial charge in [-0.3, -0.25) is 9.59 Å². The Kier molecular flexibility index (Phi) is 5.40. The molecule has 0 aliphatic heterocycles. The van der Waals surface area contributed by atoms with Crippen LogP contribution in [-0.2, 0) is 9.59 Å². The Labute approximate surface area is 120 Å². The van der Waals surface area contributed by atoms with Crippen molar-refractivity contribution in [2.24, 2.45) is 5.92 Å². The molecule has 2 aliphatic carbocycles. The molecule has 0 aromatic heterocycles. The van der Waals surface area contributed by atoms with Gasteiger partial charge in [0.15, 0.2) is 0 Å². The quantitative estimate of drug-likeness (QED) is 0.683. The summed E-state index contributed by atoms with van der Waals surface area (Å²) in [6, 6.07) is 0. The summed E-state index contributed by atoms with van der Waals surface area (Å²) in [5.74, 6) is 0.244. The smallest absolute Gasteiger partial charge is 0.239 e. The molecule has 2 fully saturated rings. The molecule has 0 aromatic carbocycles. The second kappa shape index (κ2) is 7.07. The number of amides is 2. The van der Waals surface area contributed by atoms with Gasteiger partial charge in [-0.25, -0.2) is 0 Å². The van der Waals surface area contributed by atoms with E-state index in [1.54, 1.807) is 0 Å². The lowest BCUT2D eigenvalue weighted by Crippen LogP contribution is -2.44. The molecule has 0 heterocycles. The fraction of sp³-hybridized carbons (Fsp3) is 0.867. The summed E-state index contributed by atoms with van der Waals surface area (Å²) in [6.07, 6.45) is 8.78. The highest BCUT2D eigenvalue weighted by Gasteiger charge is 2.31. The van der Waals surface area contributed by atoms with Crippen molar-refractivity contribution >= 4 is 11.8 Å². The second-order valence-corrected chi connectivity index (χ2v) is 6.34. The summed E-state index contributed by atoms with van der Waals surface area (Å²) in [5.41, 5.74) is -0.733.